The normalized spacial score (nSPS) is 29.2. The van der Waals surface area contributed by atoms with Crippen LogP contribution >= 0.6 is 0 Å². The van der Waals surface area contributed by atoms with Gasteiger partial charge in [0.25, 0.3) is 0 Å². The molecule has 3 heteroatoms. The van der Waals surface area contributed by atoms with Gasteiger partial charge in [-0.25, -0.2) is 0 Å². The van der Waals surface area contributed by atoms with Gasteiger partial charge in [-0.15, -0.1) is 0 Å². The topological polar surface area (TPSA) is 47.3 Å². The Balaban J connectivity index is 2.39. The Morgan fingerprint density at radius 2 is 2.50 bits per heavy atom. The highest BCUT2D eigenvalue weighted by atomic mass is 16.5. The van der Waals surface area contributed by atoms with Gasteiger partial charge in [-0.1, -0.05) is 12.2 Å². The van der Waals surface area contributed by atoms with Crippen molar-refractivity contribution in [3.63, 3.8) is 0 Å². The van der Waals surface area contributed by atoms with Crippen LogP contribution in [0.2, 0.25) is 0 Å². The van der Waals surface area contributed by atoms with E-state index < -0.39 is 0 Å². The summed E-state index contributed by atoms with van der Waals surface area (Å²) >= 11 is 0. The molecule has 0 aromatic heterocycles. The predicted octanol–water partition coefficient (Wildman–Crippen LogP) is 0.270. The third-order valence-corrected chi connectivity index (χ3v) is 2.26. The van der Waals surface area contributed by atoms with Gasteiger partial charge in [0.1, 0.15) is 0 Å². The van der Waals surface area contributed by atoms with Gasteiger partial charge in [0, 0.05) is 19.7 Å². The lowest BCUT2D eigenvalue weighted by Crippen LogP contribution is -2.52. The molecule has 0 aromatic carbocycles. The Labute approximate surface area is 74.0 Å². The fourth-order valence-corrected chi connectivity index (χ4v) is 1.32. The molecular formula is C9H18N2O. The standard InChI is InChI=1S/C9H18N2O/c1-8(2)5-11-9(6-10)3-4-12-7-9/h11H,1,3-7,10H2,2H3. The molecule has 12 heavy (non-hydrogen) atoms. The minimum absolute atomic E-state index is 0.0128. The van der Waals surface area contributed by atoms with E-state index in [1.54, 1.807) is 0 Å². The monoisotopic (exact) mass is 170 g/mol. The van der Waals surface area contributed by atoms with Crippen molar-refractivity contribution in [3.05, 3.63) is 12.2 Å². The Morgan fingerprint density at radius 3 is 2.92 bits per heavy atom. The SMILES string of the molecule is C=C(C)CNC1(CN)CCOC1. The molecule has 0 aromatic rings. The highest BCUT2D eigenvalue weighted by Crippen LogP contribution is 2.16. The molecule has 1 atom stereocenters. The molecule has 70 valence electrons. The highest BCUT2D eigenvalue weighted by Gasteiger charge is 2.32. The summed E-state index contributed by atoms with van der Waals surface area (Å²) in [6.07, 6.45) is 1.01. The summed E-state index contributed by atoms with van der Waals surface area (Å²) in [5.41, 5.74) is 6.83. The number of nitrogens with two attached hydrogens (primary N) is 1. The van der Waals surface area contributed by atoms with Gasteiger partial charge in [-0.05, 0) is 13.3 Å². The smallest absolute Gasteiger partial charge is 0.0661 e. The lowest BCUT2D eigenvalue weighted by Gasteiger charge is -2.27. The van der Waals surface area contributed by atoms with Crippen LogP contribution in [0.15, 0.2) is 12.2 Å². The molecule has 1 unspecified atom stereocenters. The molecule has 3 N–H and O–H groups in total. The Kier molecular flexibility index (Phi) is 3.26. The molecule has 0 amide bonds. The minimum Gasteiger partial charge on any atom is -0.379 e. The zero-order valence-corrected chi connectivity index (χ0v) is 7.73. The minimum atomic E-state index is 0.0128. The predicted molar refractivity (Wildman–Crippen MR) is 50.0 cm³/mol. The number of hydrogen-bond acceptors (Lipinski definition) is 3. The first kappa shape index (κ1) is 9.71. The molecule has 1 heterocycles. The number of rotatable bonds is 4. The summed E-state index contributed by atoms with van der Waals surface area (Å²) in [4.78, 5) is 0. The molecular weight excluding hydrogens is 152 g/mol. The van der Waals surface area contributed by atoms with Gasteiger partial charge >= 0.3 is 0 Å². The zero-order valence-electron chi connectivity index (χ0n) is 7.73. The van der Waals surface area contributed by atoms with Crippen molar-refractivity contribution in [2.45, 2.75) is 18.9 Å². The number of ether oxygens (including phenoxy) is 1. The van der Waals surface area contributed by atoms with Crippen LogP contribution in [0.4, 0.5) is 0 Å². The molecule has 0 aliphatic carbocycles. The second kappa shape index (κ2) is 4.03. The molecule has 1 saturated heterocycles. The van der Waals surface area contributed by atoms with Gasteiger partial charge in [-0.3, -0.25) is 0 Å². The molecule has 3 nitrogen and oxygen atoms in total. The van der Waals surface area contributed by atoms with E-state index in [-0.39, 0.29) is 5.54 Å². The molecule has 0 bridgehead atoms. The van der Waals surface area contributed by atoms with E-state index in [4.69, 9.17) is 10.5 Å². The van der Waals surface area contributed by atoms with E-state index in [0.717, 1.165) is 31.8 Å². The maximum atomic E-state index is 5.68. The van der Waals surface area contributed by atoms with E-state index in [1.165, 1.54) is 0 Å². The third-order valence-electron chi connectivity index (χ3n) is 2.26. The largest absolute Gasteiger partial charge is 0.379 e. The van der Waals surface area contributed by atoms with Crippen molar-refractivity contribution in [3.8, 4) is 0 Å². The van der Waals surface area contributed by atoms with Crippen LogP contribution in [0.5, 0.6) is 0 Å². The van der Waals surface area contributed by atoms with E-state index in [1.807, 2.05) is 6.92 Å². The van der Waals surface area contributed by atoms with E-state index >= 15 is 0 Å². The number of hydrogen-bond donors (Lipinski definition) is 2. The molecule has 1 fully saturated rings. The van der Waals surface area contributed by atoms with Crippen LogP contribution in [0, 0.1) is 0 Å². The van der Waals surface area contributed by atoms with Crippen molar-refractivity contribution in [2.75, 3.05) is 26.3 Å². The fourth-order valence-electron chi connectivity index (χ4n) is 1.32. The first-order chi connectivity index (χ1) is 5.68. The van der Waals surface area contributed by atoms with E-state index in [9.17, 15) is 0 Å². The lowest BCUT2D eigenvalue weighted by molar-refractivity contribution is 0.169. The Hall–Kier alpha value is -0.380. The summed E-state index contributed by atoms with van der Waals surface area (Å²) in [5, 5.41) is 3.39. The Bertz CT molecular complexity index is 162. The quantitative estimate of drug-likeness (QED) is 0.595. The van der Waals surface area contributed by atoms with Crippen molar-refractivity contribution in [2.24, 2.45) is 5.73 Å². The molecule has 1 aliphatic heterocycles. The van der Waals surface area contributed by atoms with Crippen LogP contribution in [-0.2, 0) is 4.74 Å². The summed E-state index contributed by atoms with van der Waals surface area (Å²) in [5.74, 6) is 0. The van der Waals surface area contributed by atoms with E-state index in [0.29, 0.717) is 6.54 Å². The average molecular weight is 170 g/mol. The summed E-state index contributed by atoms with van der Waals surface area (Å²) in [7, 11) is 0. The van der Waals surface area contributed by atoms with Gasteiger partial charge in [0.05, 0.1) is 12.1 Å². The Morgan fingerprint density at radius 1 is 1.75 bits per heavy atom. The van der Waals surface area contributed by atoms with Crippen LogP contribution in [0.25, 0.3) is 0 Å². The maximum absolute atomic E-state index is 5.68. The zero-order chi connectivity index (χ0) is 9.03. The second-order valence-electron chi connectivity index (χ2n) is 3.60. The van der Waals surface area contributed by atoms with Crippen molar-refractivity contribution < 1.29 is 4.74 Å². The van der Waals surface area contributed by atoms with Crippen LogP contribution in [0.3, 0.4) is 0 Å². The van der Waals surface area contributed by atoms with Gasteiger partial charge in [0.15, 0.2) is 0 Å². The average Bonchev–Trinajstić information content (AvgIpc) is 2.50. The summed E-state index contributed by atoms with van der Waals surface area (Å²) in [6, 6.07) is 0. The second-order valence-corrected chi connectivity index (χ2v) is 3.60. The summed E-state index contributed by atoms with van der Waals surface area (Å²) in [6.45, 7) is 8.87. The van der Waals surface area contributed by atoms with Crippen LogP contribution in [-0.4, -0.2) is 31.8 Å². The van der Waals surface area contributed by atoms with Crippen molar-refractivity contribution >= 4 is 0 Å². The first-order valence-corrected chi connectivity index (χ1v) is 4.36. The van der Waals surface area contributed by atoms with Gasteiger partial charge in [0.2, 0.25) is 0 Å². The summed E-state index contributed by atoms with van der Waals surface area (Å²) < 4.78 is 5.31. The van der Waals surface area contributed by atoms with Gasteiger partial charge in [-0.2, -0.15) is 0 Å². The van der Waals surface area contributed by atoms with Crippen LogP contribution in [0.1, 0.15) is 13.3 Å². The molecule has 1 aliphatic rings. The molecule has 1 rings (SSSR count). The van der Waals surface area contributed by atoms with Gasteiger partial charge < -0.3 is 15.8 Å². The fraction of sp³-hybridized carbons (Fsp3) is 0.778. The lowest BCUT2D eigenvalue weighted by atomic mass is 9.99. The molecule has 0 spiro atoms. The number of nitrogens with one attached hydrogen (secondary N) is 1. The van der Waals surface area contributed by atoms with Crippen molar-refractivity contribution in [1.82, 2.24) is 5.32 Å². The highest BCUT2D eigenvalue weighted by molar-refractivity contribution is 4.99. The molecule has 0 saturated carbocycles. The van der Waals surface area contributed by atoms with Crippen LogP contribution < -0.4 is 11.1 Å². The first-order valence-electron chi connectivity index (χ1n) is 4.36. The maximum Gasteiger partial charge on any atom is 0.0661 e. The van der Waals surface area contributed by atoms with E-state index in [2.05, 4.69) is 11.9 Å². The third kappa shape index (κ3) is 2.30. The van der Waals surface area contributed by atoms with Crippen molar-refractivity contribution in [1.29, 1.82) is 0 Å². The molecule has 0 radical (unpaired) electrons.